The molecule has 0 spiro atoms. The topological polar surface area (TPSA) is 18.1 Å². The lowest BCUT2D eigenvalue weighted by Gasteiger charge is -2.08. The van der Waals surface area contributed by atoms with Crippen LogP contribution in [0.3, 0.4) is 0 Å². The average molecular weight is 440 g/mol. The van der Waals surface area contributed by atoms with E-state index >= 15 is 0 Å². The lowest BCUT2D eigenvalue weighted by Crippen LogP contribution is -1.93. The highest BCUT2D eigenvalue weighted by atomic mass is 32.1. The van der Waals surface area contributed by atoms with E-state index in [-0.39, 0.29) is 0 Å². The molecule has 3 heteroatoms. The van der Waals surface area contributed by atoms with Crippen LogP contribution >= 0.6 is 11.3 Å². The zero-order chi connectivity index (χ0) is 21.5. The van der Waals surface area contributed by atoms with E-state index in [0.717, 1.165) is 21.9 Å². The summed E-state index contributed by atoms with van der Waals surface area (Å²) in [5, 5.41) is 7.43. The first kappa shape index (κ1) is 17.5. The first-order valence-electron chi connectivity index (χ1n) is 11.1. The van der Waals surface area contributed by atoms with Gasteiger partial charge in [-0.3, -0.25) is 0 Å². The lowest BCUT2D eigenvalue weighted by atomic mass is 10.1. The molecule has 8 aromatic rings. The summed E-state index contributed by atoms with van der Waals surface area (Å²) in [4.78, 5) is 0. The third-order valence-electron chi connectivity index (χ3n) is 6.79. The minimum absolute atomic E-state index is 0.933. The van der Waals surface area contributed by atoms with Crippen LogP contribution in [-0.4, -0.2) is 4.57 Å². The van der Waals surface area contributed by atoms with Crippen LogP contribution in [0.25, 0.3) is 69.6 Å². The van der Waals surface area contributed by atoms with Gasteiger partial charge in [-0.15, -0.1) is 11.3 Å². The molecule has 0 amide bonds. The van der Waals surface area contributed by atoms with Crippen LogP contribution in [-0.2, 0) is 0 Å². The van der Waals surface area contributed by atoms with Crippen molar-refractivity contribution in [2.75, 3.05) is 0 Å². The van der Waals surface area contributed by atoms with Gasteiger partial charge >= 0.3 is 0 Å². The molecule has 0 atom stereocenters. The summed E-state index contributed by atoms with van der Waals surface area (Å²) in [6.07, 6.45) is 0. The van der Waals surface area contributed by atoms with Gasteiger partial charge in [-0.25, -0.2) is 0 Å². The van der Waals surface area contributed by atoms with Gasteiger partial charge in [0.25, 0.3) is 0 Å². The van der Waals surface area contributed by atoms with Crippen LogP contribution in [0.15, 0.2) is 108 Å². The molecule has 0 aliphatic rings. The van der Waals surface area contributed by atoms with Gasteiger partial charge < -0.3 is 8.98 Å². The molecule has 0 fully saturated rings. The summed E-state index contributed by atoms with van der Waals surface area (Å²) in [7, 11) is 0. The summed E-state index contributed by atoms with van der Waals surface area (Å²) < 4.78 is 11.3. The Morgan fingerprint density at radius 1 is 0.485 bits per heavy atom. The van der Waals surface area contributed by atoms with E-state index in [1.165, 1.54) is 47.7 Å². The standard InChI is InChI=1S/C30H17NOS/c1-4-10-25-19(7-1)23-17-28-24(20-8-2-5-11-27(20)32-28)16-26(23)31(25)18-13-14-22-21-9-3-6-12-29(21)33-30(22)15-18/h1-17H. The van der Waals surface area contributed by atoms with Gasteiger partial charge in [0, 0.05) is 47.4 Å². The second-order valence-electron chi connectivity index (χ2n) is 8.59. The Balaban J connectivity index is 1.51. The van der Waals surface area contributed by atoms with Gasteiger partial charge in [0.05, 0.1) is 11.0 Å². The number of thiophene rings is 1. The number of benzene rings is 5. The molecular formula is C30H17NOS. The Morgan fingerprint density at radius 3 is 2.18 bits per heavy atom. The third-order valence-corrected chi connectivity index (χ3v) is 7.93. The number of para-hydroxylation sites is 2. The quantitative estimate of drug-likeness (QED) is 0.249. The van der Waals surface area contributed by atoms with Gasteiger partial charge in [0.15, 0.2) is 0 Å². The Labute approximate surface area is 192 Å². The SMILES string of the molecule is c1ccc2c(c1)oc1cc3c4ccccc4n(-c4ccc5c(c4)sc4ccccc45)c3cc12. The fraction of sp³-hybridized carbons (Fsp3) is 0. The zero-order valence-corrected chi connectivity index (χ0v) is 18.4. The van der Waals surface area contributed by atoms with Crippen molar-refractivity contribution in [2.24, 2.45) is 0 Å². The summed E-state index contributed by atoms with van der Waals surface area (Å²) in [5.41, 5.74) is 5.47. The molecule has 5 aromatic carbocycles. The van der Waals surface area contributed by atoms with Crippen molar-refractivity contribution in [2.45, 2.75) is 0 Å². The molecule has 0 aliphatic heterocycles. The molecule has 154 valence electrons. The van der Waals surface area contributed by atoms with Crippen LogP contribution in [0.5, 0.6) is 0 Å². The Hall–Kier alpha value is -4.08. The Bertz CT molecular complexity index is 2040. The van der Waals surface area contributed by atoms with Crippen molar-refractivity contribution < 1.29 is 4.42 Å². The average Bonchev–Trinajstić information content (AvgIpc) is 3.51. The van der Waals surface area contributed by atoms with Gasteiger partial charge in [0.2, 0.25) is 0 Å². The van der Waals surface area contributed by atoms with E-state index in [9.17, 15) is 0 Å². The fourth-order valence-electron chi connectivity index (χ4n) is 5.32. The number of nitrogens with zero attached hydrogens (tertiary/aromatic N) is 1. The smallest absolute Gasteiger partial charge is 0.136 e. The summed E-state index contributed by atoms with van der Waals surface area (Å²) in [6.45, 7) is 0. The molecule has 0 unspecified atom stereocenters. The van der Waals surface area contributed by atoms with E-state index in [0.29, 0.717) is 0 Å². The van der Waals surface area contributed by atoms with Crippen LogP contribution in [0, 0.1) is 0 Å². The maximum Gasteiger partial charge on any atom is 0.136 e. The molecule has 0 bridgehead atoms. The van der Waals surface area contributed by atoms with E-state index in [4.69, 9.17) is 4.42 Å². The lowest BCUT2D eigenvalue weighted by molar-refractivity contribution is 0.669. The second-order valence-corrected chi connectivity index (χ2v) is 9.68. The number of aromatic nitrogens is 1. The number of fused-ring (bicyclic) bond motifs is 9. The van der Waals surface area contributed by atoms with Crippen LogP contribution < -0.4 is 0 Å². The van der Waals surface area contributed by atoms with Crippen molar-refractivity contribution in [1.29, 1.82) is 0 Å². The first-order valence-corrected chi connectivity index (χ1v) is 11.9. The Morgan fingerprint density at radius 2 is 1.24 bits per heavy atom. The molecule has 0 saturated heterocycles. The summed E-state index contributed by atoms with van der Waals surface area (Å²) >= 11 is 1.86. The molecule has 0 N–H and O–H groups in total. The molecule has 3 aromatic heterocycles. The van der Waals surface area contributed by atoms with E-state index in [1.54, 1.807) is 0 Å². The molecule has 33 heavy (non-hydrogen) atoms. The maximum absolute atomic E-state index is 6.21. The van der Waals surface area contributed by atoms with Crippen molar-refractivity contribution in [3.63, 3.8) is 0 Å². The second kappa shape index (κ2) is 6.25. The molecular weight excluding hydrogens is 422 g/mol. The summed E-state index contributed by atoms with van der Waals surface area (Å²) in [5.74, 6) is 0. The van der Waals surface area contributed by atoms with Crippen molar-refractivity contribution in [1.82, 2.24) is 4.57 Å². The van der Waals surface area contributed by atoms with E-state index in [2.05, 4.69) is 95.6 Å². The molecule has 2 nitrogen and oxygen atoms in total. The van der Waals surface area contributed by atoms with Gasteiger partial charge in [-0.1, -0.05) is 60.7 Å². The minimum Gasteiger partial charge on any atom is -0.456 e. The molecule has 3 heterocycles. The maximum atomic E-state index is 6.21. The van der Waals surface area contributed by atoms with Gasteiger partial charge in [-0.2, -0.15) is 0 Å². The molecule has 0 aliphatic carbocycles. The normalized spacial score (nSPS) is 12.2. The molecule has 0 saturated carbocycles. The van der Waals surface area contributed by atoms with Crippen molar-refractivity contribution in [3.8, 4) is 5.69 Å². The van der Waals surface area contributed by atoms with Gasteiger partial charge in [0.1, 0.15) is 11.2 Å². The molecule has 0 radical (unpaired) electrons. The number of furan rings is 1. The largest absolute Gasteiger partial charge is 0.456 e. The van der Waals surface area contributed by atoms with Gasteiger partial charge in [-0.05, 0) is 42.5 Å². The molecule has 8 rings (SSSR count). The third kappa shape index (κ3) is 2.32. The number of hydrogen-bond donors (Lipinski definition) is 0. The predicted octanol–water partition coefficient (Wildman–Crippen LogP) is 9.05. The monoisotopic (exact) mass is 439 g/mol. The zero-order valence-electron chi connectivity index (χ0n) is 17.6. The van der Waals surface area contributed by atoms with Crippen LogP contribution in [0.4, 0.5) is 0 Å². The summed E-state index contributed by atoms with van der Waals surface area (Å²) in [6, 6.07) is 37.0. The number of rotatable bonds is 1. The van der Waals surface area contributed by atoms with Crippen molar-refractivity contribution in [3.05, 3.63) is 103 Å². The highest BCUT2D eigenvalue weighted by molar-refractivity contribution is 7.25. The number of hydrogen-bond acceptors (Lipinski definition) is 2. The first-order chi connectivity index (χ1) is 16.3. The minimum atomic E-state index is 0.933. The van der Waals surface area contributed by atoms with Crippen LogP contribution in [0.2, 0.25) is 0 Å². The fourth-order valence-corrected chi connectivity index (χ4v) is 6.46. The highest BCUT2D eigenvalue weighted by Crippen LogP contribution is 2.40. The van der Waals surface area contributed by atoms with Crippen molar-refractivity contribution >= 4 is 75.3 Å². The van der Waals surface area contributed by atoms with E-state index in [1.807, 2.05) is 23.5 Å². The Kier molecular flexibility index (Phi) is 3.31. The highest BCUT2D eigenvalue weighted by Gasteiger charge is 2.16. The van der Waals surface area contributed by atoms with Crippen LogP contribution in [0.1, 0.15) is 0 Å². The van der Waals surface area contributed by atoms with E-state index < -0.39 is 0 Å². The predicted molar refractivity (Wildman–Crippen MR) is 141 cm³/mol.